The molecule has 1 saturated carbocycles. The summed E-state index contributed by atoms with van der Waals surface area (Å²) in [7, 11) is 0. The molecule has 2 amide bonds. The average Bonchev–Trinajstić information content (AvgIpc) is 3.07. The average molecular weight is 295 g/mol. The van der Waals surface area contributed by atoms with E-state index in [1.807, 2.05) is 0 Å². The molecule has 1 aliphatic carbocycles. The van der Waals surface area contributed by atoms with E-state index in [0.717, 1.165) is 31.9 Å². The van der Waals surface area contributed by atoms with Crippen LogP contribution in [0.2, 0.25) is 0 Å². The van der Waals surface area contributed by atoms with Crippen molar-refractivity contribution >= 4 is 17.8 Å². The van der Waals surface area contributed by atoms with Gasteiger partial charge in [0.15, 0.2) is 5.69 Å². The van der Waals surface area contributed by atoms with Crippen molar-refractivity contribution in [2.45, 2.75) is 32.2 Å². The standard InChI is InChI=1S/C13H17N3O5/c14-11(17)8-6-21-9(16-8)5-15-12(18)10(13(19)20)7-3-1-2-4-7/h6-7,10H,1-5H2,(H2,14,17)(H,15,18)(H,19,20). The zero-order valence-electron chi connectivity index (χ0n) is 11.4. The SMILES string of the molecule is NC(=O)c1coc(CNC(=O)C(C(=O)O)C2CCCC2)n1. The van der Waals surface area contributed by atoms with Gasteiger partial charge >= 0.3 is 5.97 Å². The second-order valence-corrected chi connectivity index (χ2v) is 5.07. The maximum absolute atomic E-state index is 12.0. The molecule has 21 heavy (non-hydrogen) atoms. The van der Waals surface area contributed by atoms with E-state index < -0.39 is 23.7 Å². The molecule has 1 aromatic rings. The van der Waals surface area contributed by atoms with Crippen molar-refractivity contribution in [2.24, 2.45) is 17.6 Å². The number of aromatic nitrogens is 1. The van der Waals surface area contributed by atoms with Crippen molar-refractivity contribution in [1.29, 1.82) is 0 Å². The molecule has 2 rings (SSSR count). The lowest BCUT2D eigenvalue weighted by molar-refractivity contribution is -0.149. The summed E-state index contributed by atoms with van der Waals surface area (Å²) >= 11 is 0. The van der Waals surface area contributed by atoms with E-state index >= 15 is 0 Å². The van der Waals surface area contributed by atoms with E-state index in [9.17, 15) is 19.5 Å². The quantitative estimate of drug-likeness (QED) is 0.645. The van der Waals surface area contributed by atoms with Crippen LogP contribution in [0.15, 0.2) is 10.7 Å². The van der Waals surface area contributed by atoms with Gasteiger partial charge in [0.2, 0.25) is 11.8 Å². The van der Waals surface area contributed by atoms with Gasteiger partial charge < -0.3 is 20.6 Å². The number of oxazole rings is 1. The summed E-state index contributed by atoms with van der Waals surface area (Å²) < 4.78 is 4.97. The molecule has 8 heteroatoms. The Hall–Kier alpha value is -2.38. The highest BCUT2D eigenvalue weighted by atomic mass is 16.4. The first-order valence-electron chi connectivity index (χ1n) is 6.73. The number of carboxylic acid groups (broad SMARTS) is 1. The van der Waals surface area contributed by atoms with E-state index in [4.69, 9.17) is 10.2 Å². The van der Waals surface area contributed by atoms with Crippen LogP contribution in [-0.4, -0.2) is 27.9 Å². The van der Waals surface area contributed by atoms with Gasteiger partial charge in [0.05, 0.1) is 6.54 Å². The van der Waals surface area contributed by atoms with Gasteiger partial charge in [0.25, 0.3) is 5.91 Å². The lowest BCUT2D eigenvalue weighted by atomic mass is 9.90. The van der Waals surface area contributed by atoms with Gasteiger partial charge in [-0.3, -0.25) is 14.4 Å². The zero-order valence-corrected chi connectivity index (χ0v) is 11.4. The number of carbonyl (C=O) groups excluding carboxylic acids is 2. The zero-order chi connectivity index (χ0) is 15.4. The Labute approximate surface area is 120 Å². The summed E-state index contributed by atoms with van der Waals surface area (Å²) in [5.74, 6) is -3.50. The van der Waals surface area contributed by atoms with Crippen LogP contribution in [0.3, 0.4) is 0 Å². The molecule has 8 nitrogen and oxygen atoms in total. The Balaban J connectivity index is 1.95. The highest BCUT2D eigenvalue weighted by molar-refractivity contribution is 5.97. The fourth-order valence-corrected chi connectivity index (χ4v) is 2.60. The lowest BCUT2D eigenvalue weighted by Gasteiger charge is -2.18. The van der Waals surface area contributed by atoms with Crippen LogP contribution in [0.25, 0.3) is 0 Å². The van der Waals surface area contributed by atoms with Crippen molar-refractivity contribution < 1.29 is 23.9 Å². The van der Waals surface area contributed by atoms with E-state index in [2.05, 4.69) is 10.3 Å². The number of nitrogens with one attached hydrogen (secondary N) is 1. The van der Waals surface area contributed by atoms with Gasteiger partial charge in [0.1, 0.15) is 12.2 Å². The van der Waals surface area contributed by atoms with Crippen LogP contribution in [0.5, 0.6) is 0 Å². The van der Waals surface area contributed by atoms with Gasteiger partial charge in [-0.1, -0.05) is 12.8 Å². The minimum atomic E-state index is -1.12. The first-order valence-corrected chi connectivity index (χ1v) is 6.73. The minimum absolute atomic E-state index is 0.0372. The highest BCUT2D eigenvalue weighted by Crippen LogP contribution is 2.31. The summed E-state index contributed by atoms with van der Waals surface area (Å²) in [6.45, 7) is -0.0807. The van der Waals surface area contributed by atoms with Gasteiger partial charge in [-0.25, -0.2) is 4.98 Å². The molecule has 0 spiro atoms. The summed E-state index contributed by atoms with van der Waals surface area (Å²) in [5.41, 5.74) is 4.99. The number of nitrogens with zero attached hydrogens (tertiary/aromatic N) is 1. The molecule has 0 aliphatic heterocycles. The van der Waals surface area contributed by atoms with Crippen LogP contribution >= 0.6 is 0 Å². The second-order valence-electron chi connectivity index (χ2n) is 5.07. The Morgan fingerprint density at radius 3 is 2.62 bits per heavy atom. The highest BCUT2D eigenvalue weighted by Gasteiger charge is 2.36. The summed E-state index contributed by atoms with van der Waals surface area (Å²) in [6.07, 6.45) is 4.48. The number of carbonyl (C=O) groups is 3. The van der Waals surface area contributed by atoms with Crippen LogP contribution in [0.4, 0.5) is 0 Å². The smallest absolute Gasteiger partial charge is 0.316 e. The Morgan fingerprint density at radius 1 is 1.43 bits per heavy atom. The molecule has 1 heterocycles. The number of amides is 2. The fourth-order valence-electron chi connectivity index (χ4n) is 2.60. The maximum Gasteiger partial charge on any atom is 0.316 e. The Bertz CT molecular complexity index is 548. The van der Waals surface area contributed by atoms with Crippen LogP contribution in [0, 0.1) is 11.8 Å². The van der Waals surface area contributed by atoms with Crippen LogP contribution in [0.1, 0.15) is 42.1 Å². The maximum atomic E-state index is 12.0. The molecule has 0 saturated heterocycles. The predicted octanol–water partition coefficient (Wildman–Crippen LogP) is 0.281. The number of carboxylic acids is 1. The van der Waals surface area contributed by atoms with Crippen LogP contribution in [-0.2, 0) is 16.1 Å². The van der Waals surface area contributed by atoms with E-state index in [-0.39, 0.29) is 24.0 Å². The molecule has 1 fully saturated rings. The third kappa shape index (κ3) is 3.59. The van der Waals surface area contributed by atoms with Gasteiger partial charge in [-0.2, -0.15) is 0 Å². The van der Waals surface area contributed by atoms with Gasteiger partial charge in [0, 0.05) is 0 Å². The lowest BCUT2D eigenvalue weighted by Crippen LogP contribution is -2.39. The summed E-state index contributed by atoms with van der Waals surface area (Å²) in [5, 5.41) is 11.7. The number of hydrogen-bond acceptors (Lipinski definition) is 5. The molecule has 0 radical (unpaired) electrons. The molecule has 4 N–H and O–H groups in total. The van der Waals surface area contributed by atoms with Crippen LogP contribution < -0.4 is 11.1 Å². The number of nitrogens with two attached hydrogens (primary N) is 1. The largest absolute Gasteiger partial charge is 0.481 e. The number of aliphatic carboxylic acids is 1. The number of primary amides is 1. The Kier molecular flexibility index (Phi) is 4.56. The molecule has 114 valence electrons. The molecular formula is C13H17N3O5. The second kappa shape index (κ2) is 6.38. The number of rotatable bonds is 6. The molecule has 0 aromatic carbocycles. The molecule has 1 aliphatic rings. The third-order valence-corrected chi connectivity index (χ3v) is 3.64. The van der Waals surface area contributed by atoms with Gasteiger partial charge in [-0.05, 0) is 18.8 Å². The Morgan fingerprint density at radius 2 is 2.10 bits per heavy atom. The van der Waals surface area contributed by atoms with Crippen molar-refractivity contribution in [3.8, 4) is 0 Å². The molecule has 1 atom stereocenters. The molecule has 1 aromatic heterocycles. The normalized spacial score (nSPS) is 16.6. The van der Waals surface area contributed by atoms with Gasteiger partial charge in [-0.15, -0.1) is 0 Å². The topological polar surface area (TPSA) is 136 Å². The fraction of sp³-hybridized carbons (Fsp3) is 0.538. The van der Waals surface area contributed by atoms with E-state index in [0.29, 0.717) is 0 Å². The first-order chi connectivity index (χ1) is 9.99. The monoisotopic (exact) mass is 295 g/mol. The molecular weight excluding hydrogens is 278 g/mol. The number of hydrogen-bond donors (Lipinski definition) is 3. The molecule has 1 unspecified atom stereocenters. The van der Waals surface area contributed by atoms with E-state index in [1.165, 1.54) is 0 Å². The third-order valence-electron chi connectivity index (χ3n) is 3.64. The van der Waals surface area contributed by atoms with E-state index in [1.54, 1.807) is 0 Å². The van der Waals surface area contributed by atoms with Crippen molar-refractivity contribution in [2.75, 3.05) is 0 Å². The van der Waals surface area contributed by atoms with Crippen molar-refractivity contribution in [1.82, 2.24) is 10.3 Å². The minimum Gasteiger partial charge on any atom is -0.481 e. The predicted molar refractivity (Wildman–Crippen MR) is 70.0 cm³/mol. The first kappa shape index (κ1) is 15.0. The summed E-state index contributed by atoms with van der Waals surface area (Å²) in [6, 6.07) is 0. The summed E-state index contributed by atoms with van der Waals surface area (Å²) in [4.78, 5) is 37.9. The van der Waals surface area contributed by atoms with Crippen molar-refractivity contribution in [3.63, 3.8) is 0 Å². The molecule has 0 bridgehead atoms. The van der Waals surface area contributed by atoms with Crippen molar-refractivity contribution in [3.05, 3.63) is 17.8 Å².